The number of thiazole rings is 1. The van der Waals surface area contributed by atoms with Crippen molar-refractivity contribution in [3.63, 3.8) is 0 Å². The third-order valence-electron chi connectivity index (χ3n) is 5.31. The van der Waals surface area contributed by atoms with Crippen molar-refractivity contribution in [3.8, 4) is 11.5 Å². The van der Waals surface area contributed by atoms with E-state index in [0.717, 1.165) is 14.9 Å². The molecule has 0 spiro atoms. The predicted octanol–water partition coefficient (Wildman–Crippen LogP) is 4.29. The van der Waals surface area contributed by atoms with Crippen molar-refractivity contribution in [2.24, 2.45) is 4.99 Å². The number of benzene rings is 2. The lowest BCUT2D eigenvalue weighted by atomic mass is 10.2. The van der Waals surface area contributed by atoms with Crippen LogP contribution >= 0.6 is 22.7 Å². The Morgan fingerprint density at radius 1 is 1.11 bits per heavy atom. The Bertz CT molecular complexity index is 1550. The highest BCUT2D eigenvalue weighted by atomic mass is 32.1. The summed E-state index contributed by atoms with van der Waals surface area (Å²) in [5.41, 5.74) is 0.725. The van der Waals surface area contributed by atoms with Crippen molar-refractivity contribution >= 4 is 60.5 Å². The quantitative estimate of drug-likeness (QED) is 0.214. The van der Waals surface area contributed by atoms with Crippen LogP contribution in [0.4, 0.5) is 5.69 Å². The highest BCUT2D eigenvalue weighted by Crippen LogP contribution is 2.36. The smallest absolute Gasteiger partial charge is 0.307 e. The molecule has 1 amide bonds. The molecule has 0 radical (unpaired) electrons. The predicted molar refractivity (Wildman–Crippen MR) is 130 cm³/mol. The number of carbonyl (C=O) groups excluding carboxylic acids is 2. The molecule has 10 nitrogen and oxygen atoms in total. The largest absolute Gasteiger partial charge is 0.486 e. The van der Waals surface area contributed by atoms with Gasteiger partial charge in [-0.05, 0) is 19.1 Å². The standard InChI is InChI=1S/C23H19N3O7S2/c1-2-31-21(27)5-6-25-15-11-16-17(33-8-7-32-16)12-19(15)35-23(25)24-22(28)20-10-13-9-14(26(29)30)3-4-18(13)34-20/h3-4,9-12H,2,5-8H2,1H3. The molecule has 2 aromatic carbocycles. The van der Waals surface area contributed by atoms with E-state index < -0.39 is 10.8 Å². The molecule has 1 aliphatic heterocycles. The number of carbonyl (C=O) groups is 2. The summed E-state index contributed by atoms with van der Waals surface area (Å²) in [6.07, 6.45) is 0.113. The molecule has 35 heavy (non-hydrogen) atoms. The Kier molecular flexibility index (Phi) is 6.22. The average molecular weight is 514 g/mol. The van der Waals surface area contributed by atoms with E-state index in [1.54, 1.807) is 23.6 Å². The van der Waals surface area contributed by atoms with Crippen molar-refractivity contribution in [2.75, 3.05) is 19.8 Å². The van der Waals surface area contributed by atoms with Crippen LogP contribution in [0.15, 0.2) is 41.4 Å². The molecular formula is C23H19N3O7S2. The molecule has 3 heterocycles. The second kappa shape index (κ2) is 9.47. The minimum absolute atomic E-state index is 0.0408. The summed E-state index contributed by atoms with van der Waals surface area (Å²) in [5, 5.41) is 11.7. The van der Waals surface area contributed by atoms with Crippen molar-refractivity contribution in [1.29, 1.82) is 0 Å². The van der Waals surface area contributed by atoms with Gasteiger partial charge in [0, 0.05) is 40.9 Å². The van der Waals surface area contributed by atoms with Crippen LogP contribution in [0, 0.1) is 10.1 Å². The molecular weight excluding hydrogens is 494 g/mol. The summed E-state index contributed by atoms with van der Waals surface area (Å²) in [7, 11) is 0. The molecule has 12 heteroatoms. The minimum Gasteiger partial charge on any atom is -0.486 e. The van der Waals surface area contributed by atoms with E-state index in [1.807, 2.05) is 12.1 Å². The molecule has 0 fully saturated rings. The fourth-order valence-corrected chi connectivity index (χ4v) is 5.73. The van der Waals surface area contributed by atoms with Gasteiger partial charge in [0.2, 0.25) is 0 Å². The molecule has 0 saturated heterocycles. The molecule has 5 rings (SSSR count). The molecule has 2 aromatic heterocycles. The van der Waals surface area contributed by atoms with Gasteiger partial charge in [-0.2, -0.15) is 4.99 Å². The number of rotatable bonds is 6. The van der Waals surface area contributed by atoms with E-state index >= 15 is 0 Å². The first-order chi connectivity index (χ1) is 16.9. The summed E-state index contributed by atoms with van der Waals surface area (Å²) in [6.45, 7) is 3.18. The van der Waals surface area contributed by atoms with E-state index in [4.69, 9.17) is 14.2 Å². The highest BCUT2D eigenvalue weighted by Gasteiger charge is 2.19. The van der Waals surface area contributed by atoms with Crippen molar-refractivity contribution in [3.05, 3.63) is 56.2 Å². The van der Waals surface area contributed by atoms with Gasteiger partial charge in [0.05, 0.1) is 33.0 Å². The Hall–Kier alpha value is -3.77. The van der Waals surface area contributed by atoms with E-state index in [2.05, 4.69) is 4.99 Å². The van der Waals surface area contributed by atoms with Crippen molar-refractivity contribution in [2.45, 2.75) is 19.9 Å². The Morgan fingerprint density at radius 2 is 1.89 bits per heavy atom. The zero-order chi connectivity index (χ0) is 24.5. The van der Waals surface area contributed by atoms with Gasteiger partial charge in [-0.1, -0.05) is 11.3 Å². The number of nitrogens with zero attached hydrogens (tertiary/aromatic N) is 3. The lowest BCUT2D eigenvalue weighted by molar-refractivity contribution is -0.384. The number of hydrogen-bond acceptors (Lipinski definition) is 9. The summed E-state index contributed by atoms with van der Waals surface area (Å²) in [5.74, 6) is 0.393. The normalized spacial score (nSPS) is 13.3. The molecule has 0 saturated carbocycles. The number of nitro groups is 1. The summed E-state index contributed by atoms with van der Waals surface area (Å²) >= 11 is 2.52. The SMILES string of the molecule is CCOC(=O)CCn1c(=NC(=O)c2cc3cc([N+](=O)[O-])ccc3s2)sc2cc3c(cc21)OCCO3. The average Bonchev–Trinajstić information content (AvgIpc) is 3.41. The van der Waals surface area contributed by atoms with Gasteiger partial charge in [-0.15, -0.1) is 11.3 Å². The number of ether oxygens (including phenoxy) is 3. The molecule has 180 valence electrons. The zero-order valence-electron chi connectivity index (χ0n) is 18.5. The molecule has 1 aliphatic rings. The number of nitro benzene ring substituents is 1. The summed E-state index contributed by atoms with van der Waals surface area (Å²) in [4.78, 5) is 40.8. The third kappa shape index (κ3) is 4.62. The van der Waals surface area contributed by atoms with E-state index in [9.17, 15) is 19.7 Å². The minimum atomic E-state index is -0.473. The van der Waals surface area contributed by atoms with Crippen LogP contribution < -0.4 is 14.3 Å². The number of amides is 1. The van der Waals surface area contributed by atoms with E-state index in [1.165, 1.54) is 34.8 Å². The number of thiophene rings is 1. The van der Waals surface area contributed by atoms with Gasteiger partial charge < -0.3 is 18.8 Å². The van der Waals surface area contributed by atoms with Gasteiger partial charge >= 0.3 is 5.97 Å². The first-order valence-electron chi connectivity index (χ1n) is 10.8. The second-order valence-corrected chi connectivity index (χ2v) is 9.65. The topological polar surface area (TPSA) is 122 Å². The number of non-ortho nitro benzene ring substituents is 1. The Morgan fingerprint density at radius 3 is 2.63 bits per heavy atom. The zero-order valence-corrected chi connectivity index (χ0v) is 20.1. The monoisotopic (exact) mass is 513 g/mol. The maximum Gasteiger partial charge on any atom is 0.307 e. The van der Waals surface area contributed by atoms with Crippen LogP contribution in [0.3, 0.4) is 0 Å². The fourth-order valence-electron chi connectivity index (χ4n) is 3.74. The van der Waals surface area contributed by atoms with Gasteiger partial charge in [0.15, 0.2) is 16.3 Å². The molecule has 0 bridgehead atoms. The summed E-state index contributed by atoms with van der Waals surface area (Å²) < 4.78 is 19.8. The lowest BCUT2D eigenvalue weighted by Gasteiger charge is -2.18. The number of hydrogen-bond donors (Lipinski definition) is 0. The number of aromatic nitrogens is 1. The maximum absolute atomic E-state index is 13.1. The lowest BCUT2D eigenvalue weighted by Crippen LogP contribution is -2.20. The van der Waals surface area contributed by atoms with E-state index in [-0.39, 0.29) is 31.2 Å². The van der Waals surface area contributed by atoms with Crippen molar-refractivity contribution in [1.82, 2.24) is 4.57 Å². The Balaban J connectivity index is 1.56. The first-order valence-corrected chi connectivity index (χ1v) is 12.4. The van der Waals surface area contributed by atoms with Crippen molar-refractivity contribution < 1.29 is 28.7 Å². The number of esters is 1. The number of aryl methyl sites for hydroxylation is 1. The van der Waals surface area contributed by atoms with E-state index in [0.29, 0.717) is 39.8 Å². The van der Waals surface area contributed by atoms with Gasteiger partial charge in [-0.3, -0.25) is 19.7 Å². The summed E-state index contributed by atoms with van der Waals surface area (Å²) in [6, 6.07) is 9.75. The van der Waals surface area contributed by atoms with Crippen LogP contribution in [0.1, 0.15) is 23.0 Å². The van der Waals surface area contributed by atoms with Crippen LogP contribution in [-0.2, 0) is 16.1 Å². The van der Waals surface area contributed by atoms with Gasteiger partial charge in [-0.25, -0.2) is 0 Å². The van der Waals surface area contributed by atoms with Crippen LogP contribution in [0.5, 0.6) is 11.5 Å². The fraction of sp³-hybridized carbons (Fsp3) is 0.261. The first kappa shape index (κ1) is 23.0. The van der Waals surface area contributed by atoms with Gasteiger partial charge in [0.1, 0.15) is 13.2 Å². The molecule has 0 aliphatic carbocycles. The second-order valence-electron chi connectivity index (χ2n) is 7.56. The molecule has 0 N–H and O–H groups in total. The molecule has 0 atom stereocenters. The van der Waals surface area contributed by atoms with Gasteiger partial charge in [0.25, 0.3) is 11.6 Å². The Labute approximate surface area is 206 Å². The third-order valence-corrected chi connectivity index (χ3v) is 7.46. The highest BCUT2D eigenvalue weighted by molar-refractivity contribution is 7.21. The molecule has 0 unspecified atom stereocenters. The molecule has 4 aromatic rings. The maximum atomic E-state index is 13.1. The van der Waals surface area contributed by atoms with Crippen LogP contribution in [-0.4, -0.2) is 41.2 Å². The van der Waals surface area contributed by atoms with Crippen LogP contribution in [0.25, 0.3) is 20.3 Å². The number of fused-ring (bicyclic) bond motifs is 3. The van der Waals surface area contributed by atoms with Crippen LogP contribution in [0.2, 0.25) is 0 Å².